The average molecular weight is 327 g/mol. The molecular weight excluding hydrogens is 298 g/mol. The predicted molar refractivity (Wildman–Crippen MR) is 93.6 cm³/mol. The molecule has 126 valence electrons. The van der Waals surface area contributed by atoms with Gasteiger partial charge in [-0.25, -0.2) is 0 Å². The molecule has 4 nitrogen and oxygen atoms in total. The number of thioether (sulfide) groups is 1. The van der Waals surface area contributed by atoms with Crippen LogP contribution in [0.2, 0.25) is 0 Å². The molecule has 2 unspecified atom stereocenters. The molecule has 1 N–H and O–H groups in total. The summed E-state index contributed by atoms with van der Waals surface area (Å²) in [6, 6.07) is 0. The van der Waals surface area contributed by atoms with Crippen molar-refractivity contribution in [2.75, 3.05) is 12.4 Å². The van der Waals surface area contributed by atoms with Crippen molar-refractivity contribution >= 4 is 23.3 Å². The SMILES string of the molecule is CCCO/N=C(\CC)C1=C(O)CC(CC(C)SCC)CC1=O. The third kappa shape index (κ3) is 5.67. The van der Waals surface area contributed by atoms with E-state index in [1.54, 1.807) is 0 Å². The van der Waals surface area contributed by atoms with Crippen molar-refractivity contribution in [1.82, 2.24) is 0 Å². The fourth-order valence-corrected chi connectivity index (χ4v) is 3.77. The average Bonchev–Trinajstić information content (AvgIpc) is 2.45. The van der Waals surface area contributed by atoms with E-state index in [1.807, 2.05) is 25.6 Å². The Bertz CT molecular complexity index is 432. The van der Waals surface area contributed by atoms with E-state index in [0.29, 0.717) is 42.4 Å². The molecule has 1 rings (SSSR count). The van der Waals surface area contributed by atoms with Crippen LogP contribution in [0.15, 0.2) is 16.5 Å². The van der Waals surface area contributed by atoms with Crippen LogP contribution in [0.3, 0.4) is 0 Å². The molecule has 22 heavy (non-hydrogen) atoms. The summed E-state index contributed by atoms with van der Waals surface area (Å²) in [5.74, 6) is 1.51. The van der Waals surface area contributed by atoms with Crippen molar-refractivity contribution in [1.29, 1.82) is 0 Å². The largest absolute Gasteiger partial charge is 0.511 e. The Labute approximate surface area is 138 Å². The number of ketones is 1. The van der Waals surface area contributed by atoms with Gasteiger partial charge in [0.1, 0.15) is 12.4 Å². The molecule has 1 aliphatic carbocycles. The smallest absolute Gasteiger partial charge is 0.168 e. The molecule has 0 saturated heterocycles. The van der Waals surface area contributed by atoms with Gasteiger partial charge in [0.2, 0.25) is 0 Å². The van der Waals surface area contributed by atoms with Crippen molar-refractivity contribution in [3.8, 4) is 0 Å². The number of hydrogen-bond acceptors (Lipinski definition) is 5. The molecule has 0 aromatic rings. The number of carbonyl (C=O) groups excluding carboxylic acids is 1. The standard InChI is InChI=1S/C17H29NO3S/c1-5-8-21-18-14(6-2)17-15(19)10-13(11-16(17)20)9-12(4)22-7-3/h12-13,19H,5-11H2,1-4H3/b18-14+. The number of aliphatic hydroxyl groups is 1. The first kappa shape index (κ1) is 19.1. The molecule has 0 heterocycles. The summed E-state index contributed by atoms with van der Waals surface area (Å²) < 4.78 is 0. The van der Waals surface area contributed by atoms with Gasteiger partial charge in [-0.2, -0.15) is 11.8 Å². The normalized spacial score (nSPS) is 21.2. The highest BCUT2D eigenvalue weighted by Gasteiger charge is 2.31. The topological polar surface area (TPSA) is 58.9 Å². The van der Waals surface area contributed by atoms with Crippen molar-refractivity contribution in [3.63, 3.8) is 0 Å². The van der Waals surface area contributed by atoms with Crippen molar-refractivity contribution in [3.05, 3.63) is 11.3 Å². The van der Waals surface area contributed by atoms with E-state index in [2.05, 4.69) is 19.0 Å². The zero-order valence-electron chi connectivity index (χ0n) is 14.2. The van der Waals surface area contributed by atoms with Gasteiger partial charge in [-0.15, -0.1) is 0 Å². The summed E-state index contributed by atoms with van der Waals surface area (Å²) in [7, 11) is 0. The Morgan fingerprint density at radius 1 is 1.41 bits per heavy atom. The molecule has 0 amide bonds. The summed E-state index contributed by atoms with van der Waals surface area (Å²) in [5.41, 5.74) is 0.969. The third-order valence-corrected chi connectivity index (χ3v) is 4.83. The molecule has 0 bridgehead atoms. The van der Waals surface area contributed by atoms with Gasteiger partial charge in [-0.3, -0.25) is 4.79 Å². The van der Waals surface area contributed by atoms with Crippen molar-refractivity contribution in [2.45, 2.75) is 65.0 Å². The number of oxime groups is 1. The molecular formula is C17H29NO3S. The molecule has 2 atom stereocenters. The maximum atomic E-state index is 12.4. The molecule has 1 aliphatic rings. The lowest BCUT2D eigenvalue weighted by molar-refractivity contribution is -0.116. The van der Waals surface area contributed by atoms with E-state index in [9.17, 15) is 9.90 Å². The fourth-order valence-electron chi connectivity index (χ4n) is 2.79. The van der Waals surface area contributed by atoms with Gasteiger partial charge in [0.25, 0.3) is 0 Å². The molecule has 0 fully saturated rings. The minimum atomic E-state index is 0.00291. The maximum Gasteiger partial charge on any atom is 0.168 e. The summed E-state index contributed by atoms with van der Waals surface area (Å²) in [6.07, 6.45) is 3.49. The Balaban J connectivity index is 2.79. The van der Waals surface area contributed by atoms with E-state index in [4.69, 9.17) is 4.84 Å². The number of rotatable bonds is 9. The molecule has 0 aliphatic heterocycles. The molecule has 0 aromatic heterocycles. The molecule has 5 heteroatoms. The summed E-state index contributed by atoms with van der Waals surface area (Å²) in [4.78, 5) is 17.6. The van der Waals surface area contributed by atoms with E-state index in [0.717, 1.165) is 18.6 Å². The van der Waals surface area contributed by atoms with E-state index in [-0.39, 0.29) is 17.5 Å². The lowest BCUT2D eigenvalue weighted by Crippen LogP contribution is -2.26. The molecule has 0 spiro atoms. The van der Waals surface area contributed by atoms with E-state index >= 15 is 0 Å². The highest BCUT2D eigenvalue weighted by atomic mass is 32.2. The number of carbonyl (C=O) groups is 1. The van der Waals surface area contributed by atoms with Crippen LogP contribution in [0.1, 0.15) is 59.8 Å². The van der Waals surface area contributed by atoms with Crippen LogP contribution < -0.4 is 0 Å². The second kappa shape index (κ2) is 9.93. The first-order chi connectivity index (χ1) is 10.5. The summed E-state index contributed by atoms with van der Waals surface area (Å²) >= 11 is 1.90. The Morgan fingerprint density at radius 3 is 2.68 bits per heavy atom. The fraction of sp³-hybridized carbons (Fsp3) is 0.765. The van der Waals surface area contributed by atoms with Gasteiger partial charge in [0, 0.05) is 18.1 Å². The van der Waals surface area contributed by atoms with Gasteiger partial charge >= 0.3 is 0 Å². The second-order valence-electron chi connectivity index (χ2n) is 5.75. The Hall–Kier alpha value is -0.970. The lowest BCUT2D eigenvalue weighted by atomic mass is 9.82. The third-order valence-electron chi connectivity index (χ3n) is 3.73. The van der Waals surface area contributed by atoms with Gasteiger partial charge in [-0.1, -0.05) is 32.9 Å². The molecule has 0 saturated carbocycles. The van der Waals surface area contributed by atoms with Crippen LogP contribution in [0, 0.1) is 5.92 Å². The summed E-state index contributed by atoms with van der Waals surface area (Å²) in [5, 5.41) is 14.9. The first-order valence-corrected chi connectivity index (χ1v) is 9.34. The van der Waals surface area contributed by atoms with Gasteiger partial charge in [0.15, 0.2) is 5.78 Å². The first-order valence-electron chi connectivity index (χ1n) is 8.29. The monoisotopic (exact) mass is 327 g/mol. The van der Waals surface area contributed by atoms with E-state index < -0.39 is 0 Å². The van der Waals surface area contributed by atoms with Crippen molar-refractivity contribution < 1.29 is 14.7 Å². The number of allylic oxidation sites excluding steroid dienone is 2. The minimum Gasteiger partial charge on any atom is -0.511 e. The quantitative estimate of drug-likeness (QED) is 0.385. The molecule has 0 radical (unpaired) electrons. The predicted octanol–water partition coefficient (Wildman–Crippen LogP) is 4.50. The van der Waals surface area contributed by atoms with Crippen LogP contribution in [0.5, 0.6) is 0 Å². The highest BCUT2D eigenvalue weighted by Crippen LogP contribution is 2.32. The van der Waals surface area contributed by atoms with Gasteiger partial charge in [0.05, 0.1) is 11.3 Å². The highest BCUT2D eigenvalue weighted by molar-refractivity contribution is 7.99. The van der Waals surface area contributed by atoms with Crippen LogP contribution in [0.25, 0.3) is 0 Å². The van der Waals surface area contributed by atoms with Crippen LogP contribution in [0.4, 0.5) is 0 Å². The number of aliphatic hydroxyl groups excluding tert-OH is 1. The van der Waals surface area contributed by atoms with E-state index in [1.165, 1.54) is 0 Å². The second-order valence-corrected chi connectivity index (χ2v) is 7.46. The maximum absolute atomic E-state index is 12.4. The Kier molecular flexibility index (Phi) is 8.61. The van der Waals surface area contributed by atoms with Crippen LogP contribution >= 0.6 is 11.8 Å². The van der Waals surface area contributed by atoms with Crippen LogP contribution in [-0.4, -0.2) is 34.2 Å². The number of Topliss-reactive ketones (excluding diaryl/α,β-unsaturated/α-hetero) is 1. The van der Waals surface area contributed by atoms with Gasteiger partial charge in [-0.05, 0) is 30.9 Å². The zero-order valence-corrected chi connectivity index (χ0v) is 15.0. The van der Waals surface area contributed by atoms with Crippen molar-refractivity contribution in [2.24, 2.45) is 11.1 Å². The number of hydrogen-bond donors (Lipinski definition) is 1. The number of nitrogens with zero attached hydrogens (tertiary/aromatic N) is 1. The van der Waals surface area contributed by atoms with Gasteiger partial charge < -0.3 is 9.94 Å². The Morgan fingerprint density at radius 2 is 2.14 bits per heavy atom. The zero-order chi connectivity index (χ0) is 16.5. The minimum absolute atomic E-state index is 0.00291. The lowest BCUT2D eigenvalue weighted by Gasteiger charge is -2.25. The molecule has 0 aromatic carbocycles. The van der Waals surface area contributed by atoms with Crippen LogP contribution in [-0.2, 0) is 9.63 Å². The summed E-state index contributed by atoms with van der Waals surface area (Å²) in [6.45, 7) is 8.78.